The van der Waals surface area contributed by atoms with Gasteiger partial charge < -0.3 is 15.0 Å². The molecule has 6 nitrogen and oxygen atoms in total. The predicted molar refractivity (Wildman–Crippen MR) is 86.1 cm³/mol. The van der Waals surface area contributed by atoms with Crippen LogP contribution >= 0.6 is 0 Å². The van der Waals surface area contributed by atoms with Crippen molar-refractivity contribution in [2.75, 3.05) is 31.1 Å². The maximum atomic E-state index is 12.7. The van der Waals surface area contributed by atoms with Gasteiger partial charge in [0.1, 0.15) is 0 Å². The molecule has 0 spiro atoms. The third-order valence-electron chi connectivity index (χ3n) is 5.30. The third kappa shape index (κ3) is 3.17. The lowest BCUT2D eigenvalue weighted by Crippen LogP contribution is -2.53. The first kappa shape index (κ1) is 14.9. The number of aryl methyl sites for hydroxylation is 1. The number of aromatic nitrogens is 2. The molecule has 3 fully saturated rings. The first-order chi connectivity index (χ1) is 11.2. The van der Waals surface area contributed by atoms with Gasteiger partial charge in [0, 0.05) is 32.2 Å². The van der Waals surface area contributed by atoms with Crippen molar-refractivity contribution in [2.45, 2.75) is 32.3 Å². The van der Waals surface area contributed by atoms with Crippen LogP contribution in [0.1, 0.15) is 25.0 Å². The molecule has 3 atom stereocenters. The van der Waals surface area contributed by atoms with Gasteiger partial charge in [-0.3, -0.25) is 4.79 Å². The molecule has 0 bridgehead atoms. The Labute approximate surface area is 136 Å². The van der Waals surface area contributed by atoms with E-state index in [0.29, 0.717) is 18.4 Å². The molecular weight excluding hydrogens is 292 g/mol. The van der Waals surface area contributed by atoms with Crippen LogP contribution in [-0.4, -0.2) is 48.4 Å². The summed E-state index contributed by atoms with van der Waals surface area (Å²) in [5.41, 5.74) is 0.902. The first-order valence-corrected chi connectivity index (χ1v) is 8.65. The molecule has 124 valence electrons. The van der Waals surface area contributed by atoms with Crippen molar-refractivity contribution in [3.05, 3.63) is 17.8 Å². The standard InChI is InChI=1S/C17H24N4O2/c1-11-2-5-16(20-19-11)21-9-14(13-6-7-23-15(13)10-21)17(22)18-8-12-3-4-12/h2,5,12-15H,3-4,6-10H2,1H3,(H,18,22)/t13-,14+,15+/m0/s1. The van der Waals surface area contributed by atoms with Gasteiger partial charge in [-0.05, 0) is 44.2 Å². The Balaban J connectivity index is 1.49. The van der Waals surface area contributed by atoms with Crippen molar-refractivity contribution in [1.29, 1.82) is 0 Å². The zero-order valence-electron chi connectivity index (χ0n) is 13.6. The molecule has 0 aromatic carbocycles. The number of piperidine rings is 1. The number of nitrogens with zero attached hydrogens (tertiary/aromatic N) is 3. The average Bonchev–Trinajstić information content (AvgIpc) is 3.27. The summed E-state index contributed by atoms with van der Waals surface area (Å²) in [4.78, 5) is 14.8. The number of amides is 1. The first-order valence-electron chi connectivity index (χ1n) is 8.65. The summed E-state index contributed by atoms with van der Waals surface area (Å²) in [5.74, 6) is 2.05. The zero-order chi connectivity index (χ0) is 15.8. The molecular formula is C17H24N4O2. The van der Waals surface area contributed by atoms with Gasteiger partial charge in [-0.1, -0.05) is 0 Å². The van der Waals surface area contributed by atoms with Crippen molar-refractivity contribution in [1.82, 2.24) is 15.5 Å². The lowest BCUT2D eigenvalue weighted by atomic mass is 9.82. The van der Waals surface area contributed by atoms with Gasteiger partial charge >= 0.3 is 0 Å². The Hall–Kier alpha value is -1.69. The smallest absolute Gasteiger partial charge is 0.225 e. The number of rotatable bonds is 4. The monoisotopic (exact) mass is 316 g/mol. The summed E-state index contributed by atoms with van der Waals surface area (Å²) in [6, 6.07) is 3.95. The van der Waals surface area contributed by atoms with Crippen LogP contribution in [0.15, 0.2) is 12.1 Å². The average molecular weight is 316 g/mol. The lowest BCUT2D eigenvalue weighted by molar-refractivity contribution is -0.127. The second-order valence-corrected chi connectivity index (χ2v) is 7.09. The maximum Gasteiger partial charge on any atom is 0.225 e. The SMILES string of the molecule is Cc1ccc(N2C[C@H]3OCC[C@H]3[C@H](C(=O)NCC3CC3)C2)nn1. The largest absolute Gasteiger partial charge is 0.376 e. The molecule has 1 aliphatic carbocycles. The van der Waals surface area contributed by atoms with E-state index in [9.17, 15) is 4.79 Å². The molecule has 1 N–H and O–H groups in total. The second kappa shape index (κ2) is 6.07. The van der Waals surface area contributed by atoms with Gasteiger partial charge in [0.15, 0.2) is 5.82 Å². The number of nitrogens with one attached hydrogen (secondary N) is 1. The molecule has 1 saturated carbocycles. The highest BCUT2D eigenvalue weighted by Gasteiger charge is 2.44. The summed E-state index contributed by atoms with van der Waals surface area (Å²) in [6.07, 6.45) is 3.62. The number of anilines is 1. The van der Waals surface area contributed by atoms with Gasteiger partial charge in [-0.15, -0.1) is 5.10 Å². The van der Waals surface area contributed by atoms with E-state index in [1.54, 1.807) is 0 Å². The van der Waals surface area contributed by atoms with Gasteiger partial charge in [0.05, 0.1) is 17.7 Å². The Kier molecular flexibility index (Phi) is 3.93. The number of fused-ring (bicyclic) bond motifs is 1. The number of carbonyl (C=O) groups excluding carboxylic acids is 1. The fraction of sp³-hybridized carbons (Fsp3) is 0.706. The molecule has 0 unspecified atom stereocenters. The van der Waals surface area contributed by atoms with Crippen molar-refractivity contribution in [2.24, 2.45) is 17.8 Å². The van der Waals surface area contributed by atoms with Crippen molar-refractivity contribution < 1.29 is 9.53 Å². The minimum Gasteiger partial charge on any atom is -0.376 e. The van der Waals surface area contributed by atoms with E-state index in [1.807, 2.05) is 19.1 Å². The minimum absolute atomic E-state index is 0.0156. The van der Waals surface area contributed by atoms with Crippen LogP contribution in [-0.2, 0) is 9.53 Å². The zero-order valence-corrected chi connectivity index (χ0v) is 13.6. The molecule has 1 aromatic heterocycles. The summed E-state index contributed by atoms with van der Waals surface area (Å²) in [7, 11) is 0. The number of ether oxygens (including phenoxy) is 1. The van der Waals surface area contributed by atoms with E-state index in [1.165, 1.54) is 12.8 Å². The molecule has 1 aromatic rings. The summed E-state index contributed by atoms with van der Waals surface area (Å²) >= 11 is 0. The summed E-state index contributed by atoms with van der Waals surface area (Å²) < 4.78 is 5.88. The van der Waals surface area contributed by atoms with Gasteiger partial charge in [-0.25, -0.2) is 0 Å². The van der Waals surface area contributed by atoms with Crippen LogP contribution < -0.4 is 10.2 Å². The highest BCUT2D eigenvalue weighted by molar-refractivity contribution is 5.80. The van der Waals surface area contributed by atoms with Crippen LogP contribution in [0.4, 0.5) is 5.82 Å². The molecule has 3 aliphatic rings. The Morgan fingerprint density at radius 1 is 1.30 bits per heavy atom. The normalized spacial score (nSPS) is 30.1. The van der Waals surface area contributed by atoms with Crippen LogP contribution in [0.5, 0.6) is 0 Å². The van der Waals surface area contributed by atoms with Crippen molar-refractivity contribution in [3.8, 4) is 0 Å². The van der Waals surface area contributed by atoms with E-state index in [2.05, 4.69) is 20.4 Å². The van der Waals surface area contributed by atoms with Crippen molar-refractivity contribution in [3.63, 3.8) is 0 Å². The topological polar surface area (TPSA) is 67.3 Å². The number of carbonyl (C=O) groups is 1. The van der Waals surface area contributed by atoms with Crippen LogP contribution in [0.3, 0.4) is 0 Å². The number of hydrogen-bond donors (Lipinski definition) is 1. The van der Waals surface area contributed by atoms with E-state index < -0.39 is 0 Å². The van der Waals surface area contributed by atoms with E-state index in [-0.39, 0.29) is 17.9 Å². The predicted octanol–water partition coefficient (Wildman–Crippen LogP) is 1.15. The van der Waals surface area contributed by atoms with Gasteiger partial charge in [0.25, 0.3) is 0 Å². The molecule has 23 heavy (non-hydrogen) atoms. The van der Waals surface area contributed by atoms with Crippen LogP contribution in [0.2, 0.25) is 0 Å². The maximum absolute atomic E-state index is 12.7. The Morgan fingerprint density at radius 3 is 2.91 bits per heavy atom. The number of hydrogen-bond acceptors (Lipinski definition) is 5. The Morgan fingerprint density at radius 2 is 2.17 bits per heavy atom. The second-order valence-electron chi connectivity index (χ2n) is 7.09. The van der Waals surface area contributed by atoms with E-state index in [0.717, 1.165) is 37.6 Å². The molecule has 2 aliphatic heterocycles. The highest BCUT2D eigenvalue weighted by atomic mass is 16.5. The quantitative estimate of drug-likeness (QED) is 0.902. The third-order valence-corrected chi connectivity index (χ3v) is 5.30. The molecule has 3 heterocycles. The summed E-state index contributed by atoms with van der Waals surface area (Å²) in [5, 5.41) is 11.6. The lowest BCUT2D eigenvalue weighted by Gasteiger charge is -2.39. The van der Waals surface area contributed by atoms with Crippen molar-refractivity contribution >= 4 is 11.7 Å². The van der Waals surface area contributed by atoms with E-state index >= 15 is 0 Å². The van der Waals surface area contributed by atoms with Gasteiger partial charge in [-0.2, -0.15) is 5.10 Å². The minimum atomic E-state index is -0.0156. The molecule has 1 amide bonds. The fourth-order valence-corrected chi connectivity index (χ4v) is 3.70. The Bertz CT molecular complexity index is 572. The molecule has 6 heteroatoms. The highest BCUT2D eigenvalue weighted by Crippen LogP contribution is 2.35. The summed E-state index contributed by atoms with van der Waals surface area (Å²) in [6.45, 7) is 5.03. The molecule has 4 rings (SSSR count). The van der Waals surface area contributed by atoms with Gasteiger partial charge in [0.2, 0.25) is 5.91 Å². The molecule has 2 saturated heterocycles. The molecule has 0 radical (unpaired) electrons. The van der Waals surface area contributed by atoms with E-state index in [4.69, 9.17) is 4.74 Å². The van der Waals surface area contributed by atoms with Crippen LogP contribution in [0.25, 0.3) is 0 Å². The van der Waals surface area contributed by atoms with Crippen LogP contribution in [0, 0.1) is 24.7 Å². The fourth-order valence-electron chi connectivity index (χ4n) is 3.70.